The predicted molar refractivity (Wildman–Crippen MR) is 73.7 cm³/mol. The second-order valence-electron chi connectivity index (χ2n) is 4.89. The van der Waals surface area contributed by atoms with E-state index in [2.05, 4.69) is 10.6 Å². The van der Waals surface area contributed by atoms with Gasteiger partial charge in [-0.1, -0.05) is 0 Å². The van der Waals surface area contributed by atoms with Gasteiger partial charge in [-0.25, -0.2) is 4.39 Å². The third-order valence-corrected chi connectivity index (χ3v) is 2.88. The van der Waals surface area contributed by atoms with Gasteiger partial charge in [-0.3, -0.25) is 4.79 Å². The zero-order chi connectivity index (χ0) is 14.6. The van der Waals surface area contributed by atoms with Gasteiger partial charge >= 0.3 is 0 Å². The predicted octanol–water partition coefficient (Wildman–Crippen LogP) is 1.60. The van der Waals surface area contributed by atoms with Gasteiger partial charge in [0.2, 0.25) is 5.91 Å². The number of halogens is 1. The van der Waals surface area contributed by atoms with E-state index in [9.17, 15) is 9.18 Å². The number of nitrogens with one attached hydrogen (secondary N) is 2. The molecule has 5 nitrogen and oxygen atoms in total. The van der Waals surface area contributed by atoms with Gasteiger partial charge in [0.1, 0.15) is 11.6 Å². The highest BCUT2D eigenvalue weighted by molar-refractivity contribution is 5.82. The molecular weight excluding hydrogens is 249 g/mol. The molecule has 0 aromatic heterocycles. The third-order valence-electron chi connectivity index (χ3n) is 2.88. The number of carbonyl (C=O) groups excluding carboxylic acids is 1. The molecule has 0 atom stereocenters. The first-order valence-electron chi connectivity index (χ1n) is 5.91. The summed E-state index contributed by atoms with van der Waals surface area (Å²) in [5.74, 6) is -0.213. The van der Waals surface area contributed by atoms with E-state index in [1.807, 2.05) is 0 Å². The molecule has 0 spiro atoms. The van der Waals surface area contributed by atoms with Crippen LogP contribution in [0.5, 0.6) is 5.75 Å². The van der Waals surface area contributed by atoms with Crippen molar-refractivity contribution < 1.29 is 13.9 Å². The maximum Gasteiger partial charge on any atom is 0.227 e. The average molecular weight is 269 g/mol. The quantitative estimate of drug-likeness (QED) is 0.710. The molecule has 1 amide bonds. The van der Waals surface area contributed by atoms with Crippen LogP contribution >= 0.6 is 0 Å². The van der Waals surface area contributed by atoms with Crippen molar-refractivity contribution >= 4 is 17.3 Å². The Morgan fingerprint density at radius 2 is 2.11 bits per heavy atom. The summed E-state index contributed by atoms with van der Waals surface area (Å²) < 4.78 is 18.8. The molecule has 0 aliphatic heterocycles. The summed E-state index contributed by atoms with van der Waals surface area (Å²) in [6.07, 6.45) is 0. The smallest absolute Gasteiger partial charge is 0.227 e. The number of hydrogen-bond donors (Lipinski definition) is 3. The van der Waals surface area contributed by atoms with Crippen molar-refractivity contribution in [1.82, 2.24) is 5.32 Å². The molecule has 4 N–H and O–H groups in total. The molecule has 1 aromatic rings. The Morgan fingerprint density at radius 1 is 1.47 bits per heavy atom. The number of anilines is 2. The Labute approximate surface area is 112 Å². The first kappa shape index (κ1) is 15.1. The highest BCUT2D eigenvalue weighted by Gasteiger charge is 2.26. The van der Waals surface area contributed by atoms with Gasteiger partial charge in [0.05, 0.1) is 23.9 Å². The topological polar surface area (TPSA) is 76.4 Å². The van der Waals surface area contributed by atoms with Gasteiger partial charge in [0.25, 0.3) is 0 Å². The SMILES string of the molecule is CNC(=O)C(C)(C)CNc1cc(OC)c(N)cc1F. The Bertz CT molecular complexity index is 475. The van der Waals surface area contributed by atoms with Crippen LogP contribution in [0.4, 0.5) is 15.8 Å². The van der Waals surface area contributed by atoms with Gasteiger partial charge in [-0.15, -0.1) is 0 Å². The minimum Gasteiger partial charge on any atom is -0.495 e. The Hall–Kier alpha value is -1.98. The van der Waals surface area contributed by atoms with Crippen LogP contribution in [-0.4, -0.2) is 26.6 Å². The Balaban J connectivity index is 2.86. The van der Waals surface area contributed by atoms with E-state index >= 15 is 0 Å². The number of benzene rings is 1. The lowest BCUT2D eigenvalue weighted by Crippen LogP contribution is -2.39. The number of hydrogen-bond acceptors (Lipinski definition) is 4. The van der Waals surface area contributed by atoms with Crippen LogP contribution in [-0.2, 0) is 4.79 Å². The van der Waals surface area contributed by atoms with Crippen molar-refractivity contribution in [3.63, 3.8) is 0 Å². The molecule has 6 heteroatoms. The van der Waals surface area contributed by atoms with Crippen LogP contribution in [0, 0.1) is 11.2 Å². The lowest BCUT2D eigenvalue weighted by molar-refractivity contribution is -0.128. The minimum atomic E-state index is -0.657. The molecule has 0 bridgehead atoms. The van der Waals surface area contributed by atoms with Gasteiger partial charge in [0, 0.05) is 25.7 Å². The monoisotopic (exact) mass is 269 g/mol. The van der Waals surface area contributed by atoms with E-state index in [4.69, 9.17) is 10.5 Å². The molecule has 19 heavy (non-hydrogen) atoms. The molecule has 0 fully saturated rings. The Kier molecular flexibility index (Phi) is 4.58. The number of carbonyl (C=O) groups is 1. The van der Waals surface area contributed by atoms with Gasteiger partial charge in [0.15, 0.2) is 0 Å². The number of nitrogens with two attached hydrogens (primary N) is 1. The fourth-order valence-corrected chi connectivity index (χ4v) is 1.62. The maximum absolute atomic E-state index is 13.7. The summed E-state index contributed by atoms with van der Waals surface area (Å²) in [7, 11) is 3.03. The molecule has 0 saturated carbocycles. The van der Waals surface area contributed by atoms with Crippen LogP contribution in [0.1, 0.15) is 13.8 Å². The minimum absolute atomic E-state index is 0.122. The zero-order valence-corrected chi connectivity index (χ0v) is 11.6. The van der Waals surface area contributed by atoms with Crippen LogP contribution in [0.2, 0.25) is 0 Å². The number of rotatable bonds is 5. The molecule has 106 valence electrons. The standard InChI is InChI=1S/C13H20FN3O2/c1-13(2,12(18)16-3)7-17-10-6-11(19-4)9(15)5-8(10)14/h5-6,17H,7,15H2,1-4H3,(H,16,18). The summed E-state index contributed by atoms with van der Waals surface area (Å²) in [5.41, 5.74) is 5.42. The van der Waals surface area contributed by atoms with E-state index < -0.39 is 11.2 Å². The molecule has 0 aliphatic rings. The molecule has 1 aromatic carbocycles. The summed E-state index contributed by atoms with van der Waals surface area (Å²) in [5, 5.41) is 5.47. The lowest BCUT2D eigenvalue weighted by Gasteiger charge is -2.23. The van der Waals surface area contributed by atoms with Crippen molar-refractivity contribution in [3.8, 4) is 5.75 Å². The maximum atomic E-state index is 13.7. The zero-order valence-electron chi connectivity index (χ0n) is 11.6. The van der Waals surface area contributed by atoms with Gasteiger partial charge in [-0.05, 0) is 13.8 Å². The van der Waals surface area contributed by atoms with Crippen molar-refractivity contribution in [2.75, 3.05) is 31.8 Å². The van der Waals surface area contributed by atoms with Crippen LogP contribution in [0.3, 0.4) is 0 Å². The molecule has 0 unspecified atom stereocenters. The largest absolute Gasteiger partial charge is 0.495 e. The van der Waals surface area contributed by atoms with Crippen molar-refractivity contribution in [1.29, 1.82) is 0 Å². The average Bonchev–Trinajstić information content (AvgIpc) is 2.36. The van der Waals surface area contributed by atoms with E-state index in [0.717, 1.165) is 0 Å². The van der Waals surface area contributed by atoms with Crippen molar-refractivity contribution in [2.24, 2.45) is 5.41 Å². The van der Waals surface area contributed by atoms with Crippen LogP contribution in [0.15, 0.2) is 12.1 Å². The number of nitrogen functional groups attached to an aromatic ring is 1. The van der Waals surface area contributed by atoms with Crippen molar-refractivity contribution in [3.05, 3.63) is 17.9 Å². The molecular formula is C13H20FN3O2. The van der Waals surface area contributed by atoms with Gasteiger partial charge in [-0.2, -0.15) is 0 Å². The second-order valence-corrected chi connectivity index (χ2v) is 4.89. The lowest BCUT2D eigenvalue weighted by atomic mass is 9.92. The second kappa shape index (κ2) is 5.77. The first-order chi connectivity index (χ1) is 8.81. The molecule has 0 aliphatic carbocycles. The summed E-state index contributed by atoms with van der Waals surface area (Å²) in [6.45, 7) is 3.83. The fourth-order valence-electron chi connectivity index (χ4n) is 1.62. The molecule has 0 radical (unpaired) electrons. The normalized spacial score (nSPS) is 11.0. The number of amides is 1. The van der Waals surface area contributed by atoms with Crippen molar-refractivity contribution in [2.45, 2.75) is 13.8 Å². The summed E-state index contributed by atoms with van der Waals surface area (Å²) >= 11 is 0. The third kappa shape index (κ3) is 3.49. The van der Waals surface area contributed by atoms with Gasteiger partial charge < -0.3 is 21.1 Å². The number of ether oxygens (including phenoxy) is 1. The highest BCUT2D eigenvalue weighted by atomic mass is 19.1. The van der Waals surface area contributed by atoms with E-state index in [0.29, 0.717) is 5.75 Å². The van der Waals surface area contributed by atoms with E-state index in [1.54, 1.807) is 20.9 Å². The van der Waals surface area contributed by atoms with Crippen LogP contribution < -0.4 is 21.1 Å². The Morgan fingerprint density at radius 3 is 2.63 bits per heavy atom. The summed E-state index contributed by atoms with van der Waals surface area (Å²) in [4.78, 5) is 11.6. The first-order valence-corrected chi connectivity index (χ1v) is 5.91. The summed E-state index contributed by atoms with van der Waals surface area (Å²) in [6, 6.07) is 2.67. The van der Waals surface area contributed by atoms with Crippen LogP contribution in [0.25, 0.3) is 0 Å². The van der Waals surface area contributed by atoms with E-state index in [-0.39, 0.29) is 23.8 Å². The molecule has 1 rings (SSSR count). The fraction of sp³-hybridized carbons (Fsp3) is 0.462. The molecule has 0 saturated heterocycles. The van der Waals surface area contributed by atoms with E-state index in [1.165, 1.54) is 19.2 Å². The molecule has 0 heterocycles. The number of methoxy groups -OCH3 is 1. The highest BCUT2D eigenvalue weighted by Crippen LogP contribution is 2.29.